The molecule has 0 saturated carbocycles. The first-order chi connectivity index (χ1) is 16.5. The number of benzene rings is 2. The van der Waals surface area contributed by atoms with Crippen molar-refractivity contribution in [2.45, 2.75) is 33.3 Å². The Morgan fingerprint density at radius 3 is 2.47 bits per heavy atom. The second-order valence-corrected chi connectivity index (χ2v) is 7.76. The van der Waals surface area contributed by atoms with Crippen LogP contribution in [0.15, 0.2) is 65.6 Å². The van der Waals surface area contributed by atoms with Crippen molar-refractivity contribution in [3.8, 4) is 34.1 Å². The van der Waals surface area contributed by atoms with Crippen molar-refractivity contribution in [1.82, 2.24) is 15.0 Å². The Hall–Kier alpha value is -4.20. The second-order valence-electron chi connectivity index (χ2n) is 7.76. The smallest absolute Gasteiger partial charge is 0.341 e. The van der Waals surface area contributed by atoms with Gasteiger partial charge in [-0.3, -0.25) is 0 Å². The van der Waals surface area contributed by atoms with Gasteiger partial charge < -0.3 is 19.0 Å². The minimum atomic E-state index is -1.03. The summed E-state index contributed by atoms with van der Waals surface area (Å²) in [5.74, 6) is 1.10. The molecule has 8 heteroatoms. The number of aliphatic carboxylic acids is 1. The van der Waals surface area contributed by atoms with Crippen LogP contribution < -0.4 is 9.47 Å². The molecule has 4 aromatic rings. The second kappa shape index (κ2) is 10.6. The molecule has 0 saturated heterocycles. The molecule has 4 rings (SSSR count). The Kier molecular flexibility index (Phi) is 7.17. The van der Waals surface area contributed by atoms with Crippen LogP contribution in [0, 0.1) is 6.92 Å². The highest BCUT2D eigenvalue weighted by Gasteiger charge is 2.18. The lowest BCUT2D eigenvalue weighted by Gasteiger charge is -2.09. The molecule has 0 bridgehead atoms. The Morgan fingerprint density at radius 2 is 1.79 bits per heavy atom. The van der Waals surface area contributed by atoms with Gasteiger partial charge in [0.05, 0.1) is 0 Å². The maximum atomic E-state index is 10.7. The van der Waals surface area contributed by atoms with E-state index in [9.17, 15) is 4.79 Å². The van der Waals surface area contributed by atoms with Gasteiger partial charge in [0, 0.05) is 23.5 Å². The molecule has 34 heavy (non-hydrogen) atoms. The third-order valence-corrected chi connectivity index (χ3v) is 5.12. The summed E-state index contributed by atoms with van der Waals surface area (Å²) >= 11 is 0. The fraction of sp³-hybridized carbons (Fsp3) is 0.231. The van der Waals surface area contributed by atoms with Gasteiger partial charge in [-0.15, -0.1) is 0 Å². The van der Waals surface area contributed by atoms with Crippen molar-refractivity contribution >= 4 is 5.97 Å². The van der Waals surface area contributed by atoms with E-state index >= 15 is 0 Å². The van der Waals surface area contributed by atoms with E-state index in [1.165, 1.54) is 11.9 Å². The molecular formula is C26H25N3O5. The zero-order valence-corrected chi connectivity index (χ0v) is 19.0. The van der Waals surface area contributed by atoms with Crippen LogP contribution in [0.4, 0.5) is 0 Å². The first-order valence-electron chi connectivity index (χ1n) is 11.0. The van der Waals surface area contributed by atoms with Crippen molar-refractivity contribution in [3.05, 3.63) is 78.2 Å². The molecule has 2 aromatic heterocycles. The van der Waals surface area contributed by atoms with Gasteiger partial charge in [0.2, 0.25) is 5.89 Å². The molecule has 1 N–H and O–H groups in total. The van der Waals surface area contributed by atoms with Crippen LogP contribution in [-0.2, 0) is 17.8 Å². The number of hydrogen-bond acceptors (Lipinski definition) is 7. The van der Waals surface area contributed by atoms with Crippen LogP contribution in [0.3, 0.4) is 0 Å². The molecule has 0 aliphatic heterocycles. The Balaban J connectivity index is 1.56. The molecule has 2 heterocycles. The lowest BCUT2D eigenvalue weighted by atomic mass is 10.0. The fourth-order valence-corrected chi connectivity index (χ4v) is 3.51. The predicted octanol–water partition coefficient (Wildman–Crippen LogP) is 5.10. The van der Waals surface area contributed by atoms with Crippen LogP contribution in [0.5, 0.6) is 11.5 Å². The topological polar surface area (TPSA) is 108 Å². The summed E-state index contributed by atoms with van der Waals surface area (Å²) in [5.41, 5.74) is 4.34. The number of carboxylic acid groups (broad SMARTS) is 1. The molecule has 0 unspecified atom stereocenters. The van der Waals surface area contributed by atoms with E-state index in [1.807, 2.05) is 19.1 Å². The van der Waals surface area contributed by atoms with E-state index in [0.717, 1.165) is 29.5 Å². The average Bonchev–Trinajstić information content (AvgIpc) is 3.28. The van der Waals surface area contributed by atoms with Gasteiger partial charge in [-0.2, -0.15) is 0 Å². The molecular weight excluding hydrogens is 434 g/mol. The Labute approximate surface area is 197 Å². The number of nitrogens with zero attached hydrogens (tertiary/aromatic N) is 3. The van der Waals surface area contributed by atoms with Gasteiger partial charge >= 0.3 is 5.97 Å². The summed E-state index contributed by atoms with van der Waals surface area (Å²) in [6.45, 7) is 3.69. The number of carboxylic acids is 1. The van der Waals surface area contributed by atoms with E-state index in [1.54, 1.807) is 30.6 Å². The van der Waals surface area contributed by atoms with E-state index in [-0.39, 0.29) is 6.61 Å². The molecule has 0 atom stereocenters. The van der Waals surface area contributed by atoms with Crippen molar-refractivity contribution in [3.63, 3.8) is 0 Å². The number of aryl methyl sites for hydroxylation is 2. The molecule has 0 radical (unpaired) electrons. The summed E-state index contributed by atoms with van der Waals surface area (Å²) in [6, 6.07) is 13.4. The predicted molar refractivity (Wildman–Crippen MR) is 126 cm³/mol. The van der Waals surface area contributed by atoms with E-state index in [4.69, 9.17) is 19.0 Å². The molecule has 2 aromatic carbocycles. The molecule has 174 valence electrons. The first kappa shape index (κ1) is 23.0. The SMILES string of the molecule is CCCc1ccc(-c2oc(COc3ccc(OCC(=O)O)c(C)c3)nc2-c2cncnc2)cc1. The van der Waals surface area contributed by atoms with Crippen LogP contribution >= 0.6 is 0 Å². The highest BCUT2D eigenvalue weighted by molar-refractivity contribution is 5.76. The molecule has 8 nitrogen and oxygen atoms in total. The number of aromatic nitrogens is 3. The molecule has 0 amide bonds. The number of oxazole rings is 1. The highest BCUT2D eigenvalue weighted by Crippen LogP contribution is 2.33. The van der Waals surface area contributed by atoms with E-state index in [2.05, 4.69) is 34.0 Å². The summed E-state index contributed by atoms with van der Waals surface area (Å²) in [6.07, 6.45) is 6.98. The lowest BCUT2D eigenvalue weighted by molar-refractivity contribution is -0.139. The summed E-state index contributed by atoms with van der Waals surface area (Å²) in [4.78, 5) is 23.6. The van der Waals surface area contributed by atoms with Crippen LogP contribution in [-0.4, -0.2) is 32.6 Å². The third-order valence-electron chi connectivity index (χ3n) is 5.12. The monoisotopic (exact) mass is 459 g/mol. The minimum absolute atomic E-state index is 0.114. The van der Waals surface area contributed by atoms with Crippen LogP contribution in [0.25, 0.3) is 22.6 Å². The fourth-order valence-electron chi connectivity index (χ4n) is 3.51. The number of ether oxygens (including phenoxy) is 2. The van der Waals surface area contributed by atoms with Crippen molar-refractivity contribution in [1.29, 1.82) is 0 Å². The molecule has 0 aliphatic carbocycles. The first-order valence-corrected chi connectivity index (χ1v) is 11.0. The quantitative estimate of drug-likeness (QED) is 0.349. The minimum Gasteiger partial charge on any atom is -0.484 e. The zero-order chi connectivity index (χ0) is 23.9. The van der Waals surface area contributed by atoms with Gasteiger partial charge in [-0.05, 0) is 42.7 Å². The maximum Gasteiger partial charge on any atom is 0.341 e. The van der Waals surface area contributed by atoms with E-state index in [0.29, 0.717) is 28.8 Å². The average molecular weight is 460 g/mol. The van der Waals surface area contributed by atoms with Crippen LogP contribution in [0.2, 0.25) is 0 Å². The van der Waals surface area contributed by atoms with Crippen LogP contribution in [0.1, 0.15) is 30.4 Å². The summed E-state index contributed by atoms with van der Waals surface area (Å²) < 4.78 is 17.3. The Bertz CT molecular complexity index is 1250. The van der Waals surface area contributed by atoms with Gasteiger partial charge in [0.1, 0.15) is 23.5 Å². The molecule has 0 aliphatic rings. The normalized spacial score (nSPS) is 10.8. The molecule has 0 spiro atoms. The van der Waals surface area contributed by atoms with Crippen molar-refractivity contribution < 1.29 is 23.8 Å². The number of carbonyl (C=O) groups is 1. The van der Waals surface area contributed by atoms with Crippen molar-refractivity contribution in [2.24, 2.45) is 0 Å². The van der Waals surface area contributed by atoms with Gasteiger partial charge in [-0.1, -0.05) is 37.6 Å². The van der Waals surface area contributed by atoms with Gasteiger partial charge in [0.15, 0.2) is 19.0 Å². The maximum absolute atomic E-state index is 10.7. The molecule has 0 fully saturated rings. The number of rotatable bonds is 10. The number of hydrogen-bond donors (Lipinski definition) is 1. The third kappa shape index (κ3) is 5.58. The Morgan fingerprint density at radius 1 is 1.03 bits per heavy atom. The highest BCUT2D eigenvalue weighted by atomic mass is 16.5. The summed E-state index contributed by atoms with van der Waals surface area (Å²) in [7, 11) is 0. The van der Waals surface area contributed by atoms with Gasteiger partial charge in [0.25, 0.3) is 0 Å². The zero-order valence-electron chi connectivity index (χ0n) is 19.0. The lowest BCUT2D eigenvalue weighted by Crippen LogP contribution is -2.10. The summed E-state index contributed by atoms with van der Waals surface area (Å²) in [5, 5.41) is 8.78. The standard InChI is InChI=1S/C26H25N3O5/c1-3-4-18-5-7-19(8-6-18)26-25(20-12-27-16-28-13-20)29-23(34-26)14-32-21-9-10-22(17(2)11-21)33-15-24(30)31/h5-13,16H,3-4,14-15H2,1-2H3,(H,30,31). The van der Waals surface area contributed by atoms with E-state index < -0.39 is 12.6 Å². The van der Waals surface area contributed by atoms with Crippen molar-refractivity contribution in [2.75, 3.05) is 6.61 Å². The largest absolute Gasteiger partial charge is 0.484 e. The van der Waals surface area contributed by atoms with Gasteiger partial charge in [-0.25, -0.2) is 19.7 Å².